The molecule has 9 nitrogen and oxygen atoms in total. The molecule has 0 aliphatic carbocycles. The number of hydrogen-bond donors (Lipinski definition) is 0. The second kappa shape index (κ2) is 46.0. The Bertz CT molecular complexity index is 623. The van der Waals surface area contributed by atoms with Crippen LogP contribution in [0.25, 0.3) is 0 Å². The van der Waals surface area contributed by atoms with Gasteiger partial charge in [-0.25, -0.2) is 0 Å². The first kappa shape index (κ1) is 54.5. The normalized spacial score (nSPS) is 13.9. The van der Waals surface area contributed by atoms with Gasteiger partial charge in [0.15, 0.2) is 0 Å². The van der Waals surface area contributed by atoms with Gasteiger partial charge in [-0.2, -0.15) is 5.06 Å². The quantitative estimate of drug-likeness (QED) is 0.302. The van der Waals surface area contributed by atoms with E-state index in [1.165, 1.54) is 6.42 Å². The van der Waals surface area contributed by atoms with Crippen molar-refractivity contribution in [2.45, 2.75) is 45.7 Å². The Morgan fingerprint density at radius 2 is 1.26 bits per heavy atom. The molecular weight excluding hydrogens is 562 g/mol. The van der Waals surface area contributed by atoms with Crippen molar-refractivity contribution in [2.24, 2.45) is 5.92 Å². The molecule has 0 amide bonds. The summed E-state index contributed by atoms with van der Waals surface area (Å²) in [4.78, 5) is 14.9. The number of nitrogens with zero attached hydrogens (tertiary/aromatic N) is 1. The van der Waals surface area contributed by atoms with E-state index in [0.717, 1.165) is 11.3 Å². The summed E-state index contributed by atoms with van der Waals surface area (Å²) < 4.78 is 45.0. The van der Waals surface area contributed by atoms with Gasteiger partial charge in [0.25, 0.3) is 0 Å². The summed E-state index contributed by atoms with van der Waals surface area (Å²) >= 11 is 3.29. The van der Waals surface area contributed by atoms with Crippen LogP contribution in [0.5, 0.6) is 0 Å². The van der Waals surface area contributed by atoms with E-state index in [-0.39, 0.29) is 51.6 Å². The van der Waals surface area contributed by atoms with Gasteiger partial charge in [-0.15, -0.1) is 0 Å². The van der Waals surface area contributed by atoms with Gasteiger partial charge in [-0.05, 0) is 57.6 Å². The summed E-state index contributed by atoms with van der Waals surface area (Å²) in [5.74, 6) is 1.02. The van der Waals surface area contributed by atoms with Crippen LogP contribution in [0.4, 0.5) is 0 Å². The van der Waals surface area contributed by atoms with Gasteiger partial charge in [0.2, 0.25) is 0 Å². The Balaban J connectivity index is -0.0000000575. The summed E-state index contributed by atoms with van der Waals surface area (Å²) in [6, 6.07) is 10.1. The maximum Gasteiger partial charge on any atom is 0 e. The molecule has 1 aliphatic rings. The third kappa shape index (κ3) is 28.8. The van der Waals surface area contributed by atoms with Crippen molar-refractivity contribution in [1.82, 2.24) is 5.06 Å². The summed E-state index contributed by atoms with van der Waals surface area (Å²) in [7, 11) is 0. The predicted octanol–water partition coefficient (Wildman–Crippen LogP) is 2.62. The van der Waals surface area contributed by atoms with E-state index in [9.17, 15) is 4.79 Å². The fraction of sp³-hybridized carbons (Fsp3) is 0.435. The van der Waals surface area contributed by atoms with E-state index < -0.39 is 0 Å². The average Bonchev–Trinajstić information content (AvgIpc) is 3.37. The van der Waals surface area contributed by atoms with Crippen molar-refractivity contribution < 1.29 is 71.7 Å². The van der Waals surface area contributed by atoms with Crippen LogP contribution in [0.1, 0.15) is 45.7 Å². The number of hydroxylamine groups is 2. The van der Waals surface area contributed by atoms with Gasteiger partial charge < -0.3 is 4.79 Å². The molecular formula is C23H28Fe2NO8S+. The third-order valence-electron chi connectivity index (χ3n) is 3.25. The molecule has 0 aromatic heterocycles. The van der Waals surface area contributed by atoms with Crippen LogP contribution in [-0.2, 0) is 79.5 Å². The van der Waals surface area contributed by atoms with Gasteiger partial charge in [-0.1, -0.05) is 37.3 Å². The Kier molecular flexibility index (Phi) is 71.7. The van der Waals surface area contributed by atoms with Gasteiger partial charge >= 0.3 is 67.8 Å². The zero-order valence-corrected chi connectivity index (χ0v) is 22.8. The molecule has 2 rings (SSSR count). The van der Waals surface area contributed by atoms with E-state index in [4.69, 9.17) is 32.8 Å². The van der Waals surface area contributed by atoms with Crippen molar-refractivity contribution in [3.05, 3.63) is 75.8 Å². The first-order valence-corrected chi connectivity index (χ1v) is 9.40. The molecule has 1 aliphatic heterocycles. The molecule has 0 bridgehead atoms. The fourth-order valence-electron chi connectivity index (χ4n) is 2.23. The molecule has 0 spiro atoms. The van der Waals surface area contributed by atoms with E-state index in [1.54, 1.807) is 0 Å². The minimum absolute atomic E-state index is 0. The minimum atomic E-state index is -0.105. The molecule has 0 saturated carbocycles. The van der Waals surface area contributed by atoms with Gasteiger partial charge in [0.05, 0.1) is 6.61 Å². The van der Waals surface area contributed by atoms with Crippen molar-refractivity contribution in [1.29, 1.82) is 0 Å². The predicted molar refractivity (Wildman–Crippen MR) is 116 cm³/mol. The summed E-state index contributed by atoms with van der Waals surface area (Å²) in [5.41, 5.74) is 1.04. The number of rotatable bonds is 3. The zero-order valence-electron chi connectivity index (χ0n) is 19.6. The molecule has 2 atom stereocenters. The SMILES string of the molecule is CC(C)(C)N1OC[C@H]([C-]=[OH+])[C@H]1c1ccccc1.CCC[SH2+].[C-]#[O+].[C-]#[O+].[C-]#[O+].[C-]#[O+].[C-]#[O+].[C-]#[O+].[Fe].[Fe]. The van der Waals surface area contributed by atoms with Crippen LogP contribution in [0, 0.1) is 45.8 Å². The Labute approximate surface area is 234 Å². The first-order chi connectivity index (χ1) is 16.0. The molecule has 1 N–H and O–H groups in total. The summed E-state index contributed by atoms with van der Waals surface area (Å²) in [6.07, 6.45) is 3.58. The van der Waals surface area contributed by atoms with Crippen LogP contribution < -0.4 is 0 Å². The molecule has 1 aromatic carbocycles. The van der Waals surface area contributed by atoms with Crippen molar-refractivity contribution in [3.63, 3.8) is 0 Å². The van der Waals surface area contributed by atoms with E-state index in [2.05, 4.69) is 98.6 Å². The van der Waals surface area contributed by atoms with Crippen molar-refractivity contribution in [3.8, 4) is 0 Å². The maximum atomic E-state index is 9.22. The smallest absolute Gasteiger partial charge is 0 e. The fourth-order valence-corrected chi connectivity index (χ4v) is 2.23. The van der Waals surface area contributed by atoms with Gasteiger partial charge in [0, 0.05) is 45.7 Å². The number of carbonyl (C=O) groups excluding carboxylic acids is 1. The zero-order chi connectivity index (χ0) is 27.9. The molecule has 1 aromatic rings. The average molecular weight is 590 g/mol. The Morgan fingerprint density at radius 1 is 0.914 bits per heavy atom. The summed E-state index contributed by atoms with van der Waals surface area (Å²) in [5, 5.41) is 1.95. The van der Waals surface area contributed by atoms with Crippen LogP contribution >= 0.6 is 0 Å². The second-order valence-corrected chi connectivity index (χ2v) is 6.63. The van der Waals surface area contributed by atoms with E-state index in [1.807, 2.05) is 23.3 Å². The maximum absolute atomic E-state index is 9.22. The molecule has 194 valence electrons. The monoisotopic (exact) mass is 590 g/mol. The van der Waals surface area contributed by atoms with Gasteiger partial charge in [0.1, 0.15) is 5.75 Å². The Morgan fingerprint density at radius 3 is 1.51 bits per heavy atom. The molecule has 1 saturated heterocycles. The standard InChI is InChI=1S/C14H19NO2.C3H8S.6CO.2Fe/c1-14(2,3)15-13(12(9-16)10-17-15)11-7-5-4-6-8-11;1-2-3-4;6*1-2;;/h4-8,12-13,16H,10H2,1-3H3;4H,2-3H2,1H3;;;;;;;;/p+1/t12-,13+;;;;;;;;;/m0........./s1. The summed E-state index contributed by atoms with van der Waals surface area (Å²) in [6.45, 7) is 35.9. The largest absolute Gasteiger partial charge is 0 e. The second-order valence-electron chi connectivity index (χ2n) is 6.13. The molecule has 1 fully saturated rings. The minimum Gasteiger partial charge on any atom is 0 e. The molecule has 0 unspecified atom stereocenters. The molecule has 1 heterocycles. The van der Waals surface area contributed by atoms with Crippen LogP contribution in [0.2, 0.25) is 0 Å². The van der Waals surface area contributed by atoms with Crippen LogP contribution in [-0.4, -0.2) is 34.0 Å². The van der Waals surface area contributed by atoms with Gasteiger partial charge in [-0.3, -0.25) is 4.84 Å². The van der Waals surface area contributed by atoms with E-state index >= 15 is 0 Å². The third-order valence-corrected chi connectivity index (χ3v) is 3.75. The van der Waals surface area contributed by atoms with Crippen molar-refractivity contribution >= 4 is 18.9 Å². The molecule has 0 radical (unpaired) electrons. The van der Waals surface area contributed by atoms with Crippen LogP contribution in [0.3, 0.4) is 0 Å². The number of benzene rings is 1. The number of hydrogen-bond acceptors (Lipinski definition) is 2. The van der Waals surface area contributed by atoms with Crippen molar-refractivity contribution in [2.75, 3.05) is 12.4 Å². The van der Waals surface area contributed by atoms with Crippen LogP contribution in [0.15, 0.2) is 30.3 Å². The Hall–Kier alpha value is -1.36. The first-order valence-electron chi connectivity index (χ1n) is 8.69. The van der Waals surface area contributed by atoms with E-state index in [0.29, 0.717) is 6.61 Å². The topological polar surface area (TPSA) is 153 Å². The molecule has 35 heavy (non-hydrogen) atoms. The molecule has 12 heteroatoms.